The van der Waals surface area contributed by atoms with Gasteiger partial charge in [0.25, 0.3) is 0 Å². The van der Waals surface area contributed by atoms with Gasteiger partial charge in [-0.3, -0.25) is 4.39 Å². The van der Waals surface area contributed by atoms with Crippen LogP contribution in [0.2, 0.25) is 0 Å². The van der Waals surface area contributed by atoms with E-state index in [2.05, 4.69) is 5.10 Å². The second kappa shape index (κ2) is 6.89. The summed E-state index contributed by atoms with van der Waals surface area (Å²) in [6.45, 7) is 4.03. The Bertz CT molecular complexity index is 573. The fraction of sp³-hybridized carbons (Fsp3) is 0.312. The fourth-order valence-electron chi connectivity index (χ4n) is 1.89. The highest BCUT2D eigenvalue weighted by molar-refractivity contribution is 5.51. The Morgan fingerprint density at radius 1 is 1.30 bits per heavy atom. The zero-order valence-electron chi connectivity index (χ0n) is 11.8. The van der Waals surface area contributed by atoms with Crippen LogP contribution in [0.3, 0.4) is 0 Å². The number of halogens is 1. The minimum Gasteiger partial charge on any atom is -0.493 e. The summed E-state index contributed by atoms with van der Waals surface area (Å²) in [6.07, 6.45) is 6.45. The molecule has 0 bridgehead atoms. The third-order valence-electron chi connectivity index (χ3n) is 2.93. The van der Waals surface area contributed by atoms with Gasteiger partial charge in [-0.1, -0.05) is 12.2 Å². The second-order valence-corrected chi connectivity index (χ2v) is 4.50. The van der Waals surface area contributed by atoms with Gasteiger partial charge >= 0.3 is 0 Å². The maximum absolute atomic E-state index is 12.0. The topological polar surface area (TPSA) is 27.1 Å². The van der Waals surface area contributed by atoms with Crippen LogP contribution in [0, 0.1) is 6.92 Å². The zero-order valence-corrected chi connectivity index (χ0v) is 11.8. The Hall–Kier alpha value is -2.10. The van der Waals surface area contributed by atoms with E-state index in [-0.39, 0.29) is 6.67 Å². The molecule has 2 aromatic rings. The lowest BCUT2D eigenvalue weighted by atomic mass is 10.2. The van der Waals surface area contributed by atoms with Crippen LogP contribution in [0.4, 0.5) is 4.39 Å². The van der Waals surface area contributed by atoms with Crippen molar-refractivity contribution < 1.29 is 9.13 Å². The second-order valence-electron chi connectivity index (χ2n) is 4.50. The molecule has 0 unspecified atom stereocenters. The summed E-state index contributed by atoms with van der Waals surface area (Å²) in [7, 11) is 0. The van der Waals surface area contributed by atoms with Crippen LogP contribution >= 0.6 is 0 Å². The van der Waals surface area contributed by atoms with Crippen LogP contribution < -0.4 is 4.74 Å². The summed E-state index contributed by atoms with van der Waals surface area (Å²) in [5, 5.41) is 4.48. The summed E-state index contributed by atoms with van der Waals surface area (Å²) in [4.78, 5) is 0. The number of rotatable bonds is 6. The van der Waals surface area contributed by atoms with Crippen LogP contribution in [-0.2, 0) is 0 Å². The highest BCUT2D eigenvalue weighted by atomic mass is 18.2. The average Bonchev–Trinajstić information content (AvgIpc) is 2.82. The largest absolute Gasteiger partial charge is 0.493 e. The number of nitrogens with zero attached hydrogens (tertiary/aromatic N) is 2. The molecule has 0 aliphatic heterocycles. The first-order chi connectivity index (χ1) is 9.74. The first-order valence-corrected chi connectivity index (χ1v) is 6.72. The molecule has 0 radical (unpaired) electrons. The van der Waals surface area contributed by atoms with Gasteiger partial charge in [0.1, 0.15) is 5.75 Å². The molecule has 0 saturated carbocycles. The first kappa shape index (κ1) is 14.3. The van der Waals surface area contributed by atoms with Crippen molar-refractivity contribution in [2.24, 2.45) is 0 Å². The minimum absolute atomic E-state index is 0.349. The monoisotopic (exact) mass is 273 g/mol. The number of allylic oxidation sites excluding steroid dienone is 1. The van der Waals surface area contributed by atoms with E-state index in [1.54, 1.807) is 0 Å². The number of alkyl halides is 1. The van der Waals surface area contributed by atoms with Crippen LogP contribution in [0.1, 0.15) is 24.6 Å². The molecule has 0 aliphatic carbocycles. The van der Waals surface area contributed by atoms with E-state index in [4.69, 9.17) is 4.74 Å². The Balaban J connectivity index is 2.11. The number of hydrogen-bond acceptors (Lipinski definition) is 2. The van der Waals surface area contributed by atoms with E-state index >= 15 is 0 Å². The molecule has 0 N–H and O–H groups in total. The van der Waals surface area contributed by atoms with Crippen molar-refractivity contribution >= 4 is 6.08 Å². The zero-order chi connectivity index (χ0) is 14.4. The lowest BCUT2D eigenvalue weighted by Gasteiger charge is -2.06. The summed E-state index contributed by atoms with van der Waals surface area (Å²) in [6, 6.07) is 7.63. The lowest BCUT2D eigenvalue weighted by Crippen LogP contribution is -1.99. The molecule has 1 heterocycles. The van der Waals surface area contributed by atoms with Gasteiger partial charge in [0, 0.05) is 18.2 Å². The quantitative estimate of drug-likeness (QED) is 0.745. The third kappa shape index (κ3) is 3.47. The van der Waals surface area contributed by atoms with Gasteiger partial charge in [-0.05, 0) is 38.1 Å². The van der Waals surface area contributed by atoms with Gasteiger partial charge in [-0.15, -0.1) is 0 Å². The normalized spacial score (nSPS) is 11.2. The van der Waals surface area contributed by atoms with Gasteiger partial charge in [0.15, 0.2) is 0 Å². The van der Waals surface area contributed by atoms with Gasteiger partial charge in [0.05, 0.1) is 24.7 Å². The van der Waals surface area contributed by atoms with Gasteiger partial charge < -0.3 is 4.74 Å². The molecule has 0 spiro atoms. The SMILES string of the molecule is C/C=C/c1cn(-c2ccc(OCCC[18F])cc2)nc1C. The van der Waals surface area contributed by atoms with Crippen LogP contribution in [0.15, 0.2) is 36.5 Å². The van der Waals surface area contributed by atoms with Gasteiger partial charge in [-0.25, -0.2) is 4.68 Å². The average molecular weight is 273 g/mol. The first-order valence-electron chi connectivity index (χ1n) is 6.72. The molecule has 0 atom stereocenters. The van der Waals surface area contributed by atoms with Crippen molar-refractivity contribution in [1.82, 2.24) is 9.78 Å². The van der Waals surface area contributed by atoms with E-state index in [0.717, 1.165) is 22.7 Å². The summed E-state index contributed by atoms with van der Waals surface area (Å²) in [5.41, 5.74) is 3.07. The molecule has 1 aromatic heterocycles. The molecule has 2 rings (SSSR count). The van der Waals surface area contributed by atoms with Crippen LogP contribution in [-0.4, -0.2) is 23.1 Å². The highest BCUT2D eigenvalue weighted by Gasteiger charge is 2.04. The van der Waals surface area contributed by atoms with E-state index < -0.39 is 0 Å². The van der Waals surface area contributed by atoms with Crippen molar-refractivity contribution in [3.8, 4) is 11.4 Å². The molecule has 106 valence electrons. The molecular weight excluding hydrogens is 254 g/mol. The molecule has 0 amide bonds. The standard InChI is InChI=1S/C16H19FN2O/c1-3-5-14-12-19(18-13(14)2)15-6-8-16(9-7-15)20-11-4-10-17/h3,5-9,12H,4,10-11H2,1-2H3/b5-3+/i17-1. The number of aromatic nitrogens is 2. The van der Waals surface area contributed by atoms with E-state index in [9.17, 15) is 4.39 Å². The number of benzene rings is 1. The number of hydrogen-bond donors (Lipinski definition) is 0. The Morgan fingerprint density at radius 3 is 2.70 bits per heavy atom. The van der Waals surface area contributed by atoms with Crippen molar-refractivity contribution in [1.29, 1.82) is 0 Å². The van der Waals surface area contributed by atoms with Crippen molar-refractivity contribution in [3.63, 3.8) is 0 Å². The maximum atomic E-state index is 12.0. The number of aryl methyl sites for hydroxylation is 1. The smallest absolute Gasteiger partial charge is 0.119 e. The van der Waals surface area contributed by atoms with Crippen LogP contribution in [0.5, 0.6) is 5.75 Å². The maximum Gasteiger partial charge on any atom is 0.119 e. The molecule has 0 aliphatic rings. The van der Waals surface area contributed by atoms with Crippen LogP contribution in [0.25, 0.3) is 11.8 Å². The van der Waals surface area contributed by atoms with Crippen molar-refractivity contribution in [2.75, 3.05) is 13.3 Å². The molecule has 20 heavy (non-hydrogen) atoms. The van der Waals surface area contributed by atoms with E-state index in [1.165, 1.54) is 0 Å². The van der Waals surface area contributed by atoms with Crippen molar-refractivity contribution in [3.05, 3.63) is 47.8 Å². The number of ether oxygens (including phenoxy) is 1. The Labute approximate surface area is 118 Å². The molecule has 3 nitrogen and oxygen atoms in total. The molecular formula is C16H19FN2O. The molecule has 0 fully saturated rings. The fourth-order valence-corrected chi connectivity index (χ4v) is 1.89. The predicted octanol–water partition coefficient (Wildman–Crippen LogP) is 3.95. The lowest BCUT2D eigenvalue weighted by molar-refractivity contribution is 0.289. The molecule has 4 heteroatoms. The highest BCUT2D eigenvalue weighted by Crippen LogP contribution is 2.17. The molecule has 1 aromatic carbocycles. The third-order valence-corrected chi connectivity index (χ3v) is 2.93. The Morgan fingerprint density at radius 2 is 2.05 bits per heavy atom. The van der Waals surface area contributed by atoms with Gasteiger partial charge in [0.2, 0.25) is 0 Å². The van der Waals surface area contributed by atoms with Crippen molar-refractivity contribution in [2.45, 2.75) is 20.3 Å². The predicted molar refractivity (Wildman–Crippen MR) is 79.1 cm³/mol. The van der Waals surface area contributed by atoms with E-state index in [1.807, 2.05) is 61.1 Å². The molecule has 0 saturated heterocycles. The summed E-state index contributed by atoms with van der Waals surface area (Å²) in [5.74, 6) is 0.750. The summed E-state index contributed by atoms with van der Waals surface area (Å²) >= 11 is 0. The summed E-state index contributed by atoms with van der Waals surface area (Å²) < 4.78 is 19.3. The van der Waals surface area contributed by atoms with E-state index in [0.29, 0.717) is 13.0 Å². The minimum atomic E-state index is -0.349. The Kier molecular flexibility index (Phi) is 4.93. The van der Waals surface area contributed by atoms with Gasteiger partial charge in [-0.2, -0.15) is 5.10 Å².